The van der Waals surface area contributed by atoms with Crippen molar-refractivity contribution in [2.75, 3.05) is 54.6 Å². The summed E-state index contributed by atoms with van der Waals surface area (Å²) in [6.45, 7) is 5.25. The van der Waals surface area contributed by atoms with E-state index in [-0.39, 0.29) is 32.2 Å². The molecule has 0 bridgehead atoms. The van der Waals surface area contributed by atoms with E-state index in [0.717, 1.165) is 38.5 Å². The average molecular weight is 781 g/mol. The number of allylic oxidation sites excluding steroid dienone is 9. The van der Waals surface area contributed by atoms with Gasteiger partial charge in [0.25, 0.3) is 0 Å². The molecule has 0 aliphatic rings. The van der Waals surface area contributed by atoms with E-state index in [1.165, 1.54) is 103 Å². The first kappa shape index (κ1) is 52.0. The molecule has 0 N–H and O–H groups in total. The van der Waals surface area contributed by atoms with E-state index in [0.29, 0.717) is 17.4 Å². The Kier molecular flexibility index (Phi) is 36.6. The van der Waals surface area contributed by atoms with Crippen LogP contribution in [0.15, 0.2) is 60.9 Å². The van der Waals surface area contributed by atoms with Crippen LogP contribution in [0.25, 0.3) is 0 Å². The molecule has 0 aromatic carbocycles. The molecular weight excluding hydrogens is 697 g/mol. The average Bonchev–Trinajstić information content (AvgIpc) is 3.14. The number of esters is 1. The summed E-state index contributed by atoms with van der Waals surface area (Å²) in [7, 11) is 3.53. The van der Waals surface area contributed by atoms with Gasteiger partial charge in [-0.25, -0.2) is 4.57 Å². The van der Waals surface area contributed by atoms with Crippen molar-refractivity contribution in [1.29, 1.82) is 0 Å². The number of hydrogen-bond donors (Lipinski definition) is 0. The smallest absolute Gasteiger partial charge is 0.474 e. The molecule has 0 aliphatic carbocycles. The van der Waals surface area contributed by atoms with E-state index in [1.54, 1.807) is 6.26 Å². The highest BCUT2D eigenvalue weighted by atomic mass is 31.2. The maximum absolute atomic E-state index is 13.0. The Labute approximate surface area is 333 Å². The third-order valence-electron chi connectivity index (χ3n) is 8.86. The van der Waals surface area contributed by atoms with Gasteiger partial charge in [0.05, 0.1) is 34.0 Å². The Morgan fingerprint density at radius 2 is 1.06 bits per heavy atom. The van der Waals surface area contributed by atoms with Crippen LogP contribution in [0.1, 0.15) is 162 Å². The highest BCUT2D eigenvalue weighted by molar-refractivity contribution is 7.48. The second kappa shape index (κ2) is 37.9. The predicted octanol–water partition coefficient (Wildman–Crippen LogP) is 13.2. The molecule has 8 nitrogen and oxygen atoms in total. The molecule has 9 heteroatoms. The molecule has 0 heterocycles. The topological polar surface area (TPSA) is 80.3 Å². The molecule has 0 aliphatic heterocycles. The van der Waals surface area contributed by atoms with Crippen LogP contribution in [0.2, 0.25) is 0 Å². The molecule has 0 fully saturated rings. The maximum Gasteiger partial charge on any atom is 0.474 e. The molecular formula is C45H83NO7P+. The van der Waals surface area contributed by atoms with Crippen LogP contribution in [-0.4, -0.2) is 71.2 Å². The van der Waals surface area contributed by atoms with Gasteiger partial charge < -0.3 is 14.0 Å². The van der Waals surface area contributed by atoms with Crippen LogP contribution in [0.3, 0.4) is 0 Å². The van der Waals surface area contributed by atoms with Crippen molar-refractivity contribution >= 4 is 13.8 Å². The number of rotatable bonds is 39. The van der Waals surface area contributed by atoms with Crippen LogP contribution >= 0.6 is 7.82 Å². The molecule has 0 saturated carbocycles. The minimum absolute atomic E-state index is 0.0838. The SMILES string of the molecule is CCCCCC=CCC=CCC=CCC=CCCCC(=O)OC(COC=CCCCCCCCCCCCCCC)COP(=O)(OC)OCC[N+](C)(C)C. The highest BCUT2D eigenvalue weighted by Crippen LogP contribution is 2.48. The van der Waals surface area contributed by atoms with E-state index < -0.39 is 13.9 Å². The number of phosphoric acid groups is 1. The van der Waals surface area contributed by atoms with Gasteiger partial charge in [-0.1, -0.05) is 146 Å². The van der Waals surface area contributed by atoms with E-state index in [1.807, 2.05) is 27.2 Å². The van der Waals surface area contributed by atoms with Crippen molar-refractivity contribution < 1.29 is 36.9 Å². The monoisotopic (exact) mass is 781 g/mol. The van der Waals surface area contributed by atoms with Gasteiger partial charge in [-0.15, -0.1) is 0 Å². The van der Waals surface area contributed by atoms with Crippen molar-refractivity contribution in [3.63, 3.8) is 0 Å². The van der Waals surface area contributed by atoms with Gasteiger partial charge in [0, 0.05) is 13.5 Å². The molecule has 54 heavy (non-hydrogen) atoms. The van der Waals surface area contributed by atoms with Crippen molar-refractivity contribution in [2.45, 2.75) is 168 Å². The second-order valence-electron chi connectivity index (χ2n) is 15.2. The molecule has 0 spiro atoms. The predicted molar refractivity (Wildman–Crippen MR) is 228 cm³/mol. The lowest BCUT2D eigenvalue weighted by molar-refractivity contribution is -0.870. The fourth-order valence-corrected chi connectivity index (χ4v) is 6.37. The van der Waals surface area contributed by atoms with Crippen molar-refractivity contribution in [2.24, 2.45) is 0 Å². The number of nitrogens with zero attached hydrogens (tertiary/aromatic N) is 1. The summed E-state index contributed by atoms with van der Waals surface area (Å²) in [5, 5.41) is 0. The van der Waals surface area contributed by atoms with Crippen LogP contribution in [0.5, 0.6) is 0 Å². The van der Waals surface area contributed by atoms with E-state index in [4.69, 9.17) is 23.0 Å². The first-order chi connectivity index (χ1) is 26.2. The van der Waals surface area contributed by atoms with E-state index in [2.05, 4.69) is 62.5 Å². The van der Waals surface area contributed by atoms with Gasteiger partial charge in [0.2, 0.25) is 0 Å². The normalized spacial score (nSPS) is 14.3. The summed E-state index contributed by atoms with van der Waals surface area (Å²) in [5.41, 5.74) is 0. The van der Waals surface area contributed by atoms with Gasteiger partial charge in [0.1, 0.15) is 19.8 Å². The number of carbonyl (C=O) groups excluding carboxylic acids is 1. The van der Waals surface area contributed by atoms with E-state index >= 15 is 0 Å². The Morgan fingerprint density at radius 1 is 0.593 bits per heavy atom. The van der Waals surface area contributed by atoms with Gasteiger partial charge >= 0.3 is 13.8 Å². The number of unbranched alkanes of at least 4 members (excludes halogenated alkanes) is 16. The minimum atomic E-state index is -3.81. The summed E-state index contributed by atoms with van der Waals surface area (Å²) in [6.07, 6.45) is 46.9. The quantitative estimate of drug-likeness (QED) is 0.0153. The van der Waals surface area contributed by atoms with Gasteiger partial charge in [-0.2, -0.15) is 0 Å². The van der Waals surface area contributed by atoms with Crippen LogP contribution in [0, 0.1) is 0 Å². The number of hydrogen-bond acceptors (Lipinski definition) is 7. The summed E-state index contributed by atoms with van der Waals surface area (Å²) in [6, 6.07) is 0. The largest absolute Gasteiger partial charge is 0.498 e. The van der Waals surface area contributed by atoms with E-state index in [9.17, 15) is 9.36 Å². The number of likely N-dealkylation sites (N-methyl/N-ethyl adjacent to an activating group) is 1. The zero-order valence-electron chi connectivity index (χ0n) is 35.7. The fraction of sp³-hybridized carbons (Fsp3) is 0.756. The zero-order chi connectivity index (χ0) is 39.9. The Bertz CT molecular complexity index is 1050. The molecule has 314 valence electrons. The molecule has 2 unspecified atom stereocenters. The molecule has 0 saturated heterocycles. The Morgan fingerprint density at radius 3 is 1.59 bits per heavy atom. The van der Waals surface area contributed by atoms with Crippen LogP contribution < -0.4 is 0 Å². The van der Waals surface area contributed by atoms with Crippen LogP contribution in [0.4, 0.5) is 0 Å². The summed E-state index contributed by atoms with van der Waals surface area (Å²) >= 11 is 0. The number of phosphoric ester groups is 1. The lowest BCUT2D eigenvalue weighted by Crippen LogP contribution is -2.37. The fourth-order valence-electron chi connectivity index (χ4n) is 5.43. The lowest BCUT2D eigenvalue weighted by Gasteiger charge is -2.25. The summed E-state index contributed by atoms with van der Waals surface area (Å²) < 4.78 is 41.3. The maximum atomic E-state index is 13.0. The summed E-state index contributed by atoms with van der Waals surface area (Å²) in [5.74, 6) is -0.346. The van der Waals surface area contributed by atoms with Crippen molar-refractivity contribution in [3.05, 3.63) is 60.9 Å². The Hall–Kier alpha value is -1.96. The lowest BCUT2D eigenvalue weighted by atomic mass is 10.0. The molecule has 0 aromatic heterocycles. The number of ether oxygens (including phenoxy) is 2. The first-order valence-electron chi connectivity index (χ1n) is 21.5. The van der Waals surface area contributed by atoms with Gasteiger partial charge in [-0.3, -0.25) is 18.4 Å². The summed E-state index contributed by atoms with van der Waals surface area (Å²) in [4.78, 5) is 12.7. The first-order valence-corrected chi connectivity index (χ1v) is 22.9. The number of quaternary nitrogens is 1. The zero-order valence-corrected chi connectivity index (χ0v) is 36.6. The molecule has 0 radical (unpaired) electrons. The highest BCUT2D eigenvalue weighted by Gasteiger charge is 2.29. The molecule has 0 amide bonds. The third kappa shape index (κ3) is 38.3. The van der Waals surface area contributed by atoms with Gasteiger partial charge in [-0.05, 0) is 63.9 Å². The van der Waals surface area contributed by atoms with Gasteiger partial charge in [0.15, 0.2) is 6.10 Å². The van der Waals surface area contributed by atoms with Crippen molar-refractivity contribution in [1.82, 2.24) is 0 Å². The Balaban J connectivity index is 4.53. The molecule has 0 aromatic rings. The number of carbonyl (C=O) groups is 1. The standard InChI is InChI=1S/C45H83NO7P/c1-7-9-11-13-15-17-19-21-23-24-25-26-28-30-32-34-36-38-45(47)53-44(43-52-54(48,49-6)51-41-39-46(3,4)5)42-50-40-37-35-33-31-29-27-22-20-18-16-14-12-10-8-2/h15,17,21,23,25-26,30,32,37,40,44H,7-14,16,18-20,22,24,27-29,31,33-36,38-39,41-43H2,1-6H3/q+1. The third-order valence-corrected chi connectivity index (χ3v) is 10.3. The molecule has 0 rings (SSSR count). The minimum Gasteiger partial charge on any atom is -0.498 e. The molecule has 2 atom stereocenters. The van der Waals surface area contributed by atoms with Crippen molar-refractivity contribution in [3.8, 4) is 0 Å². The second-order valence-corrected chi connectivity index (χ2v) is 17.0. The van der Waals surface area contributed by atoms with Crippen LogP contribution in [-0.2, 0) is 32.4 Å².